The molecule has 0 aliphatic carbocycles. The minimum atomic E-state index is 0.0212. The monoisotopic (exact) mass is 593 g/mol. The maximum Gasteiger partial charge on any atom is 0.222 e. The molecule has 0 fully saturated rings. The van der Waals surface area contributed by atoms with Gasteiger partial charge in [-0.15, -0.1) is 0 Å². The molecule has 0 radical (unpaired) electrons. The second-order valence-electron chi connectivity index (χ2n) is 10.1. The lowest BCUT2D eigenvalue weighted by Gasteiger charge is -2.23. The maximum atomic E-state index is 13.0. The fourth-order valence-electron chi connectivity index (χ4n) is 4.21. The van der Waals surface area contributed by atoms with E-state index in [0.29, 0.717) is 98.8 Å². The van der Waals surface area contributed by atoms with Crippen molar-refractivity contribution in [3.63, 3.8) is 0 Å². The molecular formula is C31H63NO9. The van der Waals surface area contributed by atoms with Crippen LogP contribution in [0.15, 0.2) is 0 Å². The molecule has 0 saturated carbocycles. The highest BCUT2D eigenvalue weighted by Crippen LogP contribution is 2.12. The molecule has 2 N–H and O–H groups in total. The highest BCUT2D eigenvalue weighted by atomic mass is 16.6. The van der Waals surface area contributed by atoms with Crippen LogP contribution in [0, 0.1) is 0 Å². The van der Waals surface area contributed by atoms with Crippen LogP contribution in [0.2, 0.25) is 0 Å². The number of carbonyl (C=O) groups excluding carboxylic acids is 1. The van der Waals surface area contributed by atoms with E-state index in [-0.39, 0.29) is 19.1 Å². The van der Waals surface area contributed by atoms with E-state index in [0.717, 1.165) is 25.7 Å². The summed E-state index contributed by atoms with van der Waals surface area (Å²) in [5, 5.41) is 17.3. The highest BCUT2D eigenvalue weighted by Gasteiger charge is 2.13. The Bertz CT molecular complexity index is 488. The van der Waals surface area contributed by atoms with Gasteiger partial charge in [-0.1, -0.05) is 64.7 Å². The standard InChI is InChI=1S/C31H63NO9/c1-2-3-4-5-6-7-8-9-10-11-14-31(35)32(15-12-19-36-23-27-40-29-25-38-21-17-33)16-13-20-37-24-28-41-30-26-39-22-18-34/h33-34H,2-30H2,1H3. The number of aliphatic hydroxyl groups is 2. The lowest BCUT2D eigenvalue weighted by Crippen LogP contribution is -2.34. The molecule has 0 aromatic rings. The second-order valence-corrected chi connectivity index (χ2v) is 10.1. The van der Waals surface area contributed by atoms with E-state index >= 15 is 0 Å². The topological polar surface area (TPSA) is 116 Å². The number of amides is 1. The van der Waals surface area contributed by atoms with Crippen molar-refractivity contribution in [2.75, 3.05) is 106 Å². The summed E-state index contributed by atoms with van der Waals surface area (Å²) in [4.78, 5) is 14.9. The molecular weight excluding hydrogens is 530 g/mol. The zero-order valence-electron chi connectivity index (χ0n) is 26.2. The van der Waals surface area contributed by atoms with Crippen LogP contribution in [0.3, 0.4) is 0 Å². The average Bonchev–Trinajstić information content (AvgIpc) is 2.98. The summed E-state index contributed by atoms with van der Waals surface area (Å²) in [6.07, 6.45) is 14.8. The van der Waals surface area contributed by atoms with Crippen molar-refractivity contribution >= 4 is 5.91 Å². The number of hydrogen-bond acceptors (Lipinski definition) is 9. The summed E-state index contributed by atoms with van der Waals surface area (Å²) in [6.45, 7) is 9.41. The average molecular weight is 594 g/mol. The predicted octanol–water partition coefficient (Wildman–Crippen LogP) is 3.99. The first-order valence-electron chi connectivity index (χ1n) is 16.2. The van der Waals surface area contributed by atoms with Gasteiger partial charge in [0, 0.05) is 32.7 Å². The van der Waals surface area contributed by atoms with Gasteiger partial charge in [0.1, 0.15) is 0 Å². The smallest absolute Gasteiger partial charge is 0.222 e. The number of aliphatic hydroxyl groups excluding tert-OH is 2. The Morgan fingerprint density at radius 3 is 1.20 bits per heavy atom. The summed E-state index contributed by atoms with van der Waals surface area (Å²) in [5.74, 6) is 0.224. The van der Waals surface area contributed by atoms with Crippen molar-refractivity contribution in [3.05, 3.63) is 0 Å². The Kier molecular flexibility index (Phi) is 34.6. The van der Waals surface area contributed by atoms with E-state index in [1.807, 2.05) is 4.90 Å². The molecule has 0 aliphatic heterocycles. The molecule has 0 bridgehead atoms. The third-order valence-corrected chi connectivity index (χ3v) is 6.49. The summed E-state index contributed by atoms with van der Waals surface area (Å²) in [7, 11) is 0. The summed E-state index contributed by atoms with van der Waals surface area (Å²) < 4.78 is 32.5. The number of ether oxygens (including phenoxy) is 6. The summed E-state index contributed by atoms with van der Waals surface area (Å²) in [5.41, 5.74) is 0. The van der Waals surface area contributed by atoms with Crippen LogP contribution < -0.4 is 0 Å². The second kappa shape index (κ2) is 35.3. The third-order valence-electron chi connectivity index (χ3n) is 6.49. The van der Waals surface area contributed by atoms with Crippen molar-refractivity contribution < 1.29 is 43.4 Å². The van der Waals surface area contributed by atoms with E-state index < -0.39 is 0 Å². The molecule has 0 saturated heterocycles. The van der Waals surface area contributed by atoms with E-state index in [1.54, 1.807) is 0 Å². The molecule has 10 heteroatoms. The van der Waals surface area contributed by atoms with E-state index in [4.69, 9.17) is 38.6 Å². The molecule has 0 unspecified atom stereocenters. The predicted molar refractivity (Wildman–Crippen MR) is 161 cm³/mol. The van der Waals surface area contributed by atoms with Crippen molar-refractivity contribution in [1.29, 1.82) is 0 Å². The normalized spacial score (nSPS) is 11.4. The SMILES string of the molecule is CCCCCCCCCCCCC(=O)N(CCCOCCOCCOCCO)CCCOCCOCCOCCO. The Balaban J connectivity index is 4.06. The summed E-state index contributed by atoms with van der Waals surface area (Å²) >= 11 is 0. The van der Waals surface area contributed by atoms with Gasteiger partial charge in [0.15, 0.2) is 0 Å². The molecule has 0 heterocycles. The van der Waals surface area contributed by atoms with Crippen LogP contribution in [0.4, 0.5) is 0 Å². The molecule has 0 aromatic heterocycles. The van der Waals surface area contributed by atoms with Crippen molar-refractivity contribution in [3.8, 4) is 0 Å². The van der Waals surface area contributed by atoms with Gasteiger partial charge >= 0.3 is 0 Å². The lowest BCUT2D eigenvalue weighted by molar-refractivity contribution is -0.131. The first-order valence-corrected chi connectivity index (χ1v) is 16.2. The first kappa shape index (κ1) is 40.1. The Hall–Kier alpha value is -0.850. The molecule has 10 nitrogen and oxygen atoms in total. The molecule has 1 amide bonds. The largest absolute Gasteiger partial charge is 0.394 e. The molecule has 0 atom stereocenters. The highest BCUT2D eigenvalue weighted by molar-refractivity contribution is 5.76. The zero-order valence-corrected chi connectivity index (χ0v) is 26.2. The third kappa shape index (κ3) is 31.9. The minimum absolute atomic E-state index is 0.0212. The van der Waals surface area contributed by atoms with Crippen LogP contribution in [0.1, 0.15) is 90.4 Å². The van der Waals surface area contributed by atoms with Crippen LogP contribution in [-0.4, -0.2) is 127 Å². The number of nitrogens with zero attached hydrogens (tertiary/aromatic N) is 1. The fraction of sp³-hybridized carbons (Fsp3) is 0.968. The summed E-state index contributed by atoms with van der Waals surface area (Å²) in [6, 6.07) is 0. The van der Waals surface area contributed by atoms with Gasteiger partial charge in [-0.25, -0.2) is 0 Å². The molecule has 0 aromatic carbocycles. The van der Waals surface area contributed by atoms with Gasteiger partial charge in [-0.2, -0.15) is 0 Å². The number of rotatable bonds is 35. The number of hydrogen-bond donors (Lipinski definition) is 2. The van der Waals surface area contributed by atoms with Gasteiger partial charge in [-0.05, 0) is 19.3 Å². The molecule has 0 aliphatic rings. The Morgan fingerprint density at radius 2 is 0.805 bits per heavy atom. The van der Waals surface area contributed by atoms with Crippen LogP contribution in [0.25, 0.3) is 0 Å². The van der Waals surface area contributed by atoms with Gasteiger partial charge in [-0.3, -0.25) is 4.79 Å². The quantitative estimate of drug-likeness (QED) is 0.105. The van der Waals surface area contributed by atoms with E-state index in [9.17, 15) is 4.79 Å². The van der Waals surface area contributed by atoms with Crippen LogP contribution >= 0.6 is 0 Å². The molecule has 0 spiro atoms. The minimum Gasteiger partial charge on any atom is -0.394 e. The number of unbranched alkanes of at least 4 members (excludes halogenated alkanes) is 9. The fourth-order valence-corrected chi connectivity index (χ4v) is 4.21. The molecule has 246 valence electrons. The maximum absolute atomic E-state index is 13.0. The van der Waals surface area contributed by atoms with Crippen molar-refractivity contribution in [1.82, 2.24) is 4.90 Å². The van der Waals surface area contributed by atoms with E-state index in [1.165, 1.54) is 51.4 Å². The lowest BCUT2D eigenvalue weighted by atomic mass is 10.1. The Labute approximate surface area is 250 Å². The van der Waals surface area contributed by atoms with Gasteiger partial charge in [0.05, 0.1) is 79.3 Å². The molecule has 0 rings (SSSR count). The first-order chi connectivity index (χ1) is 20.3. The van der Waals surface area contributed by atoms with Gasteiger partial charge in [0.25, 0.3) is 0 Å². The van der Waals surface area contributed by atoms with Crippen molar-refractivity contribution in [2.24, 2.45) is 0 Å². The molecule has 41 heavy (non-hydrogen) atoms. The zero-order chi connectivity index (χ0) is 29.9. The van der Waals surface area contributed by atoms with Gasteiger partial charge < -0.3 is 43.5 Å². The van der Waals surface area contributed by atoms with Crippen LogP contribution in [0.5, 0.6) is 0 Å². The Morgan fingerprint density at radius 1 is 0.463 bits per heavy atom. The van der Waals surface area contributed by atoms with Gasteiger partial charge in [0.2, 0.25) is 5.91 Å². The van der Waals surface area contributed by atoms with Crippen molar-refractivity contribution in [2.45, 2.75) is 90.4 Å². The van der Waals surface area contributed by atoms with Crippen LogP contribution in [-0.2, 0) is 33.2 Å². The van der Waals surface area contributed by atoms with E-state index in [2.05, 4.69) is 6.92 Å². The number of carbonyl (C=O) groups is 1.